The number of aryl methyl sites for hydroxylation is 1. The van der Waals surface area contributed by atoms with Crippen LogP contribution in [0.15, 0.2) is 36.4 Å². The van der Waals surface area contributed by atoms with Gasteiger partial charge in [0, 0.05) is 0 Å². The molecule has 5 rings (SSSR count). The van der Waals surface area contributed by atoms with Crippen LogP contribution in [-0.4, -0.2) is 18.7 Å². The number of hydrogen-bond acceptors (Lipinski definition) is 3. The maximum atomic E-state index is 14.9. The molecule has 0 bridgehead atoms. The summed E-state index contributed by atoms with van der Waals surface area (Å²) in [6.07, 6.45) is 15.0. The van der Waals surface area contributed by atoms with Crippen LogP contribution < -0.4 is 4.74 Å². The smallest absolute Gasteiger partial charge is 0.309 e. The average molecular weight is 629 g/mol. The van der Waals surface area contributed by atoms with Gasteiger partial charge >= 0.3 is 5.97 Å². The minimum absolute atomic E-state index is 0.0263. The number of carbonyl (C=O) groups excluding carboxylic acids is 1. The van der Waals surface area contributed by atoms with E-state index < -0.39 is 23.3 Å². The predicted octanol–water partition coefficient (Wildman–Crippen LogP) is 10.5. The molecule has 0 spiro atoms. The monoisotopic (exact) mass is 628 g/mol. The lowest BCUT2D eigenvalue weighted by atomic mass is 9.69. The van der Waals surface area contributed by atoms with Crippen molar-refractivity contribution in [2.45, 2.75) is 122 Å². The second-order valence-corrected chi connectivity index (χ2v) is 13.4. The summed E-state index contributed by atoms with van der Waals surface area (Å²) in [4.78, 5) is 13.0. The Kier molecular flexibility index (Phi) is 11.7. The highest BCUT2D eigenvalue weighted by atomic mass is 19.2. The van der Waals surface area contributed by atoms with Gasteiger partial charge < -0.3 is 9.47 Å². The lowest BCUT2D eigenvalue weighted by Crippen LogP contribution is -2.32. The number of benzene rings is 2. The number of hydrogen-bond donors (Lipinski definition) is 0. The molecule has 0 N–H and O–H groups in total. The van der Waals surface area contributed by atoms with Crippen LogP contribution in [0.2, 0.25) is 0 Å². The average Bonchev–Trinajstić information content (AvgIpc) is 3.06. The Balaban J connectivity index is 1.04. The quantitative estimate of drug-likeness (QED) is 0.149. The molecule has 0 amide bonds. The minimum Gasteiger partial charge on any atom is -0.491 e. The first-order chi connectivity index (χ1) is 21.8. The van der Waals surface area contributed by atoms with Gasteiger partial charge in [-0.1, -0.05) is 30.4 Å². The van der Waals surface area contributed by atoms with Crippen molar-refractivity contribution in [1.82, 2.24) is 0 Å². The van der Waals surface area contributed by atoms with Crippen LogP contribution in [0.25, 0.3) is 0 Å². The molecule has 3 saturated carbocycles. The van der Waals surface area contributed by atoms with Crippen molar-refractivity contribution in [1.29, 1.82) is 0 Å². The Morgan fingerprint density at radius 2 is 1.29 bits per heavy atom. The van der Waals surface area contributed by atoms with E-state index in [1.807, 2.05) is 19.1 Å². The summed E-state index contributed by atoms with van der Waals surface area (Å²) in [6, 6.07) is 6.67. The first-order valence-electron chi connectivity index (χ1n) is 17.2. The first kappa shape index (κ1) is 33.5. The van der Waals surface area contributed by atoms with Crippen LogP contribution in [-0.2, 0) is 16.0 Å². The van der Waals surface area contributed by atoms with Gasteiger partial charge in [-0.05, 0) is 150 Å². The topological polar surface area (TPSA) is 35.5 Å². The van der Waals surface area contributed by atoms with Crippen molar-refractivity contribution < 1.29 is 31.8 Å². The lowest BCUT2D eigenvalue weighted by molar-refractivity contribution is -0.157. The largest absolute Gasteiger partial charge is 0.491 e. The molecule has 3 aliphatic carbocycles. The molecule has 2 aromatic carbocycles. The fourth-order valence-electron chi connectivity index (χ4n) is 8.13. The fraction of sp³-hybridized carbons (Fsp3) is 0.605. The number of ether oxygens (including phenoxy) is 2. The number of esters is 1. The van der Waals surface area contributed by atoms with E-state index in [1.165, 1.54) is 0 Å². The molecule has 0 aromatic heterocycles. The van der Waals surface area contributed by atoms with Gasteiger partial charge in [-0.25, -0.2) is 13.2 Å². The molecular formula is C38H48F4O3. The molecule has 45 heavy (non-hydrogen) atoms. The Morgan fingerprint density at radius 3 is 1.89 bits per heavy atom. The Hall–Kier alpha value is -2.83. The molecule has 3 nitrogen and oxygen atoms in total. The fourth-order valence-corrected chi connectivity index (χ4v) is 8.13. The minimum atomic E-state index is -0.886. The van der Waals surface area contributed by atoms with Crippen LogP contribution in [0.3, 0.4) is 0 Å². The summed E-state index contributed by atoms with van der Waals surface area (Å²) in [7, 11) is 0. The van der Waals surface area contributed by atoms with Crippen molar-refractivity contribution >= 4 is 5.97 Å². The summed E-state index contributed by atoms with van der Waals surface area (Å²) in [5.41, 5.74) is 1.30. The SMILES string of the molecule is C/C=C/CCc1ccc(C2CCC(C(=O)OC3CCC(C4CCC(c5ccc(OCC)c(F)c5F)CC4)CC3)CC2)c(F)c1F. The third-order valence-corrected chi connectivity index (χ3v) is 10.8. The zero-order valence-corrected chi connectivity index (χ0v) is 26.8. The zero-order valence-electron chi connectivity index (χ0n) is 26.8. The number of rotatable bonds is 10. The molecule has 7 heteroatoms. The predicted molar refractivity (Wildman–Crippen MR) is 168 cm³/mol. The summed E-state index contributed by atoms with van der Waals surface area (Å²) in [5.74, 6) is -2.40. The van der Waals surface area contributed by atoms with Gasteiger partial charge in [-0.15, -0.1) is 0 Å². The van der Waals surface area contributed by atoms with Crippen molar-refractivity contribution in [2.24, 2.45) is 17.8 Å². The molecule has 0 heterocycles. The van der Waals surface area contributed by atoms with Crippen molar-refractivity contribution in [3.63, 3.8) is 0 Å². The maximum Gasteiger partial charge on any atom is 0.309 e. The van der Waals surface area contributed by atoms with Crippen LogP contribution in [0.4, 0.5) is 17.6 Å². The van der Waals surface area contributed by atoms with Gasteiger partial charge in [0.25, 0.3) is 0 Å². The summed E-state index contributed by atoms with van der Waals surface area (Å²) >= 11 is 0. The van der Waals surface area contributed by atoms with E-state index in [2.05, 4.69) is 0 Å². The Labute approximate surface area is 265 Å². The van der Waals surface area contributed by atoms with E-state index in [1.54, 1.807) is 31.2 Å². The van der Waals surface area contributed by atoms with Crippen molar-refractivity contribution in [2.75, 3.05) is 6.61 Å². The van der Waals surface area contributed by atoms with Gasteiger partial charge in [0.1, 0.15) is 6.10 Å². The third-order valence-electron chi connectivity index (χ3n) is 10.8. The van der Waals surface area contributed by atoms with E-state index in [0.29, 0.717) is 73.7 Å². The van der Waals surface area contributed by atoms with Crippen LogP contribution in [0, 0.1) is 41.0 Å². The van der Waals surface area contributed by atoms with Crippen LogP contribution in [0.5, 0.6) is 5.75 Å². The van der Waals surface area contributed by atoms with Gasteiger partial charge in [0.2, 0.25) is 5.82 Å². The zero-order chi connectivity index (χ0) is 31.9. The van der Waals surface area contributed by atoms with Gasteiger partial charge in [-0.3, -0.25) is 4.79 Å². The molecule has 0 saturated heterocycles. The number of carbonyl (C=O) groups is 1. The maximum absolute atomic E-state index is 14.9. The van der Waals surface area contributed by atoms with Gasteiger partial charge in [-0.2, -0.15) is 4.39 Å². The normalized spacial score (nSPS) is 27.4. The highest BCUT2D eigenvalue weighted by Gasteiger charge is 2.35. The molecule has 246 valence electrons. The molecule has 0 unspecified atom stereocenters. The van der Waals surface area contributed by atoms with E-state index in [9.17, 15) is 22.4 Å². The highest BCUT2D eigenvalue weighted by Crippen LogP contribution is 2.45. The third kappa shape index (κ3) is 7.94. The van der Waals surface area contributed by atoms with Crippen molar-refractivity contribution in [3.05, 3.63) is 76.4 Å². The number of allylic oxidation sites excluding steroid dienone is 2. The standard InChI is InChI=1S/C38H48F4O3/c1-3-5-6-7-28-18-21-31(35(40)34(28)39)27-12-14-29(15-13-27)38(43)45-30-19-16-25(17-20-30)24-8-10-26(11-9-24)32-22-23-33(44-4-2)37(42)36(32)41/h3,5,18,21-27,29-30H,4,6-17,19-20H2,1-2H3/b5-3+. The van der Waals surface area contributed by atoms with Crippen molar-refractivity contribution in [3.8, 4) is 5.75 Å². The Bertz CT molecular complexity index is 1320. The molecule has 3 fully saturated rings. The molecule has 0 aliphatic heterocycles. The summed E-state index contributed by atoms with van der Waals surface area (Å²) in [6.45, 7) is 3.95. The molecule has 0 atom stereocenters. The van der Waals surface area contributed by atoms with E-state index in [-0.39, 0.29) is 35.6 Å². The summed E-state index contributed by atoms with van der Waals surface area (Å²) < 4.78 is 70.0. The van der Waals surface area contributed by atoms with Crippen LogP contribution >= 0.6 is 0 Å². The van der Waals surface area contributed by atoms with Crippen LogP contribution in [0.1, 0.15) is 126 Å². The van der Waals surface area contributed by atoms with E-state index in [0.717, 1.165) is 51.4 Å². The van der Waals surface area contributed by atoms with E-state index >= 15 is 0 Å². The lowest BCUT2D eigenvalue weighted by Gasteiger charge is -2.38. The molecule has 3 aliphatic rings. The van der Waals surface area contributed by atoms with Gasteiger partial charge in [0.15, 0.2) is 23.2 Å². The number of halogens is 4. The second-order valence-electron chi connectivity index (χ2n) is 13.4. The second kappa shape index (κ2) is 15.6. The molecule has 2 aromatic rings. The first-order valence-corrected chi connectivity index (χ1v) is 17.2. The summed E-state index contributed by atoms with van der Waals surface area (Å²) in [5, 5.41) is 0. The Morgan fingerprint density at radius 1 is 0.733 bits per heavy atom. The molecule has 0 radical (unpaired) electrons. The highest BCUT2D eigenvalue weighted by molar-refractivity contribution is 5.72. The van der Waals surface area contributed by atoms with E-state index in [4.69, 9.17) is 9.47 Å². The van der Waals surface area contributed by atoms with Gasteiger partial charge in [0.05, 0.1) is 12.5 Å². The molecular weight excluding hydrogens is 580 g/mol.